The molecular formula is C112H83ClN2O2. The molecule has 2 aliphatic carbocycles. The van der Waals surface area contributed by atoms with Crippen LogP contribution in [0.4, 0.5) is 28.4 Å². The van der Waals surface area contributed by atoms with E-state index in [9.17, 15) is 0 Å². The van der Waals surface area contributed by atoms with Crippen molar-refractivity contribution < 1.29 is 8.83 Å². The summed E-state index contributed by atoms with van der Waals surface area (Å²) in [4.78, 5) is 2.38. The van der Waals surface area contributed by atoms with E-state index in [1.165, 1.54) is 106 Å². The number of fused-ring (bicyclic) bond motifs is 12. The van der Waals surface area contributed by atoms with Gasteiger partial charge in [0.15, 0.2) is 0 Å². The van der Waals surface area contributed by atoms with Gasteiger partial charge in [0.25, 0.3) is 0 Å². The van der Waals surface area contributed by atoms with Crippen molar-refractivity contribution in [2.24, 2.45) is 0 Å². The van der Waals surface area contributed by atoms with Crippen LogP contribution in [0.25, 0.3) is 111 Å². The van der Waals surface area contributed by atoms with Crippen LogP contribution >= 0.6 is 11.6 Å². The zero-order chi connectivity index (χ0) is 76.7. The van der Waals surface area contributed by atoms with Crippen molar-refractivity contribution in [1.29, 1.82) is 0 Å². The highest BCUT2D eigenvalue weighted by Gasteiger charge is 2.48. The van der Waals surface area contributed by atoms with Crippen molar-refractivity contribution >= 4 is 83.9 Å². The number of nitrogens with zero attached hydrogens (tertiary/aromatic N) is 1. The van der Waals surface area contributed by atoms with E-state index in [4.69, 9.17) is 20.4 Å². The van der Waals surface area contributed by atoms with Gasteiger partial charge in [0.05, 0.1) is 16.5 Å². The number of anilines is 5. The lowest BCUT2D eigenvalue weighted by Gasteiger charge is -2.33. The molecule has 0 amide bonds. The maximum atomic E-state index is 6.83. The zero-order valence-corrected chi connectivity index (χ0v) is 63.6. The van der Waals surface area contributed by atoms with E-state index in [2.05, 4.69) is 429 Å². The molecule has 560 valence electrons. The predicted octanol–water partition coefficient (Wildman–Crippen LogP) is 31.4. The maximum absolute atomic E-state index is 6.83. The van der Waals surface area contributed by atoms with E-state index >= 15 is 0 Å². The van der Waals surface area contributed by atoms with Gasteiger partial charge in [0.1, 0.15) is 22.3 Å². The zero-order valence-electron chi connectivity index (χ0n) is 62.9. The molecule has 20 aromatic rings. The van der Waals surface area contributed by atoms with Gasteiger partial charge in [-0.2, -0.15) is 0 Å². The number of furan rings is 2. The van der Waals surface area contributed by atoms with Crippen LogP contribution in [0, 0.1) is 0 Å². The second-order valence-corrected chi connectivity index (χ2v) is 29.9. The topological polar surface area (TPSA) is 41.6 Å². The van der Waals surface area contributed by atoms with Crippen LogP contribution in [-0.4, -0.2) is 0 Å². The van der Waals surface area contributed by atoms with Gasteiger partial charge in [-0.25, -0.2) is 0 Å². The third-order valence-electron chi connectivity index (χ3n) is 23.0. The Hall–Kier alpha value is -14.6. The summed E-state index contributed by atoms with van der Waals surface area (Å²) in [6.45, 7) is 0. The van der Waals surface area contributed by atoms with Gasteiger partial charge in [-0.15, -0.1) is 0 Å². The summed E-state index contributed by atoms with van der Waals surface area (Å²) in [5.41, 5.74) is 32.7. The maximum Gasteiger partial charge on any atom is 0.135 e. The number of nitrogens with one attached hydrogen (secondary N) is 1. The summed E-state index contributed by atoms with van der Waals surface area (Å²) < 4.78 is 13.2. The molecule has 4 nitrogen and oxygen atoms in total. The van der Waals surface area contributed by atoms with Gasteiger partial charge in [0.2, 0.25) is 0 Å². The molecule has 0 atom stereocenters. The summed E-state index contributed by atoms with van der Waals surface area (Å²) in [6, 6.07) is 160. The number of hydrogen-bond acceptors (Lipinski definition) is 4. The van der Waals surface area contributed by atoms with Crippen LogP contribution in [0.5, 0.6) is 0 Å². The fourth-order valence-corrected chi connectivity index (χ4v) is 18.1. The molecular weight excluding hydrogens is 1440 g/mol. The molecule has 0 bridgehead atoms. The van der Waals surface area contributed by atoms with Gasteiger partial charge in [-0.3, -0.25) is 0 Å². The average molecular weight is 1520 g/mol. The smallest absolute Gasteiger partial charge is 0.135 e. The van der Waals surface area contributed by atoms with Crippen LogP contribution in [-0.2, 0) is 10.8 Å². The second-order valence-electron chi connectivity index (χ2n) is 29.5. The second kappa shape index (κ2) is 31.8. The van der Waals surface area contributed by atoms with Gasteiger partial charge in [-0.1, -0.05) is 378 Å². The van der Waals surface area contributed by atoms with Gasteiger partial charge < -0.3 is 19.1 Å². The Labute approximate surface area is 689 Å². The van der Waals surface area contributed by atoms with Crippen molar-refractivity contribution in [1.82, 2.24) is 0 Å². The Kier molecular flexibility index (Phi) is 20.1. The number of rotatable bonds is 13. The highest BCUT2D eigenvalue weighted by molar-refractivity contribution is 6.31. The van der Waals surface area contributed by atoms with Gasteiger partial charge >= 0.3 is 0 Å². The molecule has 0 unspecified atom stereocenters. The fraction of sp³-hybridized carbons (Fsp3) is 0.0357. The summed E-state index contributed by atoms with van der Waals surface area (Å²) in [5.74, 6) is 0. The Balaban J connectivity index is 0.000000133. The van der Waals surface area contributed by atoms with Gasteiger partial charge in [0, 0.05) is 60.4 Å². The summed E-state index contributed by atoms with van der Waals surface area (Å²) in [5, 5.41) is 8.60. The monoisotopic (exact) mass is 1520 g/mol. The summed E-state index contributed by atoms with van der Waals surface area (Å²) in [6.07, 6.45) is 0. The van der Waals surface area contributed by atoms with E-state index in [1.807, 2.05) is 30.3 Å². The van der Waals surface area contributed by atoms with Crippen LogP contribution < -0.4 is 10.2 Å². The molecule has 22 rings (SSSR count). The molecule has 0 saturated carbocycles. The number of benzene rings is 18. The Morgan fingerprint density at radius 1 is 0.231 bits per heavy atom. The lowest BCUT2D eigenvalue weighted by molar-refractivity contribution is 0.665. The van der Waals surface area contributed by atoms with Crippen molar-refractivity contribution in [3.63, 3.8) is 0 Å². The summed E-state index contributed by atoms with van der Waals surface area (Å²) in [7, 11) is 0. The first kappa shape index (κ1) is 73.9. The molecule has 0 spiro atoms. The van der Waals surface area contributed by atoms with Crippen LogP contribution in [0.3, 0.4) is 0 Å². The molecule has 5 heteroatoms. The van der Waals surface area contributed by atoms with Crippen molar-refractivity contribution in [3.05, 3.63) is 498 Å². The first-order valence-corrected chi connectivity index (χ1v) is 39.6. The minimum atomic E-state index is -0.489. The summed E-state index contributed by atoms with van der Waals surface area (Å²) >= 11 is 6.34. The third-order valence-corrected chi connectivity index (χ3v) is 23.3. The molecule has 0 radical (unpaired) electrons. The molecule has 0 fully saturated rings. The Morgan fingerprint density at radius 3 is 1.03 bits per heavy atom. The third kappa shape index (κ3) is 13.2. The lowest BCUT2D eigenvalue weighted by atomic mass is 9.67. The van der Waals surface area contributed by atoms with E-state index in [0.717, 1.165) is 77.9 Å². The molecule has 2 aliphatic rings. The largest absolute Gasteiger partial charge is 0.456 e. The fourth-order valence-electron chi connectivity index (χ4n) is 17.9. The van der Waals surface area contributed by atoms with Crippen LogP contribution in [0.1, 0.15) is 59.4 Å². The first-order chi connectivity index (χ1) is 56.9. The molecule has 18 aromatic carbocycles. The predicted molar refractivity (Wildman–Crippen MR) is 493 cm³/mol. The van der Waals surface area contributed by atoms with Crippen molar-refractivity contribution in [3.8, 4) is 66.8 Å². The van der Waals surface area contributed by atoms with E-state index in [1.54, 1.807) is 0 Å². The quantitative estimate of drug-likeness (QED) is 0.125. The standard InChI is InChI=1S/C55H37NO.C31H19ClO.C24H19N.2CH4/c1-5-17-38(18-6-1)39-29-31-43(32-30-39)56(52-28-16-14-25-45(52)40-19-7-2-8-20-40)44-33-34-53-48(35-44)49-36-47-46-26-13-15-27-50(46)55(41-21-9-3-10-22-41,42-23-11-4-12-24-42)51(47)37-54(49)57-53;32-22-15-16-29-25(17-22)26-18-24-23-13-7-8-14-27(23)31(20-9-3-1-4-10-20,21-11-5-2-6-12-21)28(24)19-30(26)33-29;1-3-9-19(10-4-1)20-15-17-22(18-16-20)25-24-14-8-7-13-23(24)21-11-5-2-6-12-21;;/h1-37H;1-19H;1-18,25H;2*1H4. The van der Waals surface area contributed by atoms with E-state index < -0.39 is 10.8 Å². The average Bonchev–Trinajstić information content (AvgIpc) is 1.54. The minimum Gasteiger partial charge on any atom is -0.456 e. The Bertz CT molecular complexity index is 6810. The number of hydrogen-bond donors (Lipinski definition) is 1. The van der Waals surface area contributed by atoms with E-state index in [0.29, 0.717) is 5.02 Å². The molecule has 2 heterocycles. The van der Waals surface area contributed by atoms with Crippen LogP contribution in [0.2, 0.25) is 5.02 Å². The number of para-hydroxylation sites is 2. The molecule has 117 heavy (non-hydrogen) atoms. The SMILES string of the molecule is C.C.Clc1ccc2oc3cc4c(cc3c2c1)-c1ccccc1C4(c1ccccc1)c1ccccc1.c1ccc(-c2ccc(N(c3ccc4oc5cc6c(cc5c4c3)-c3ccccc3C6(c3ccccc3)c3ccccc3)c3ccccc3-c3ccccc3)cc2)cc1.c1ccc(-c2ccc(Nc3ccccc3-c3ccccc3)cc2)cc1. The highest BCUT2D eigenvalue weighted by atomic mass is 35.5. The first-order valence-electron chi connectivity index (χ1n) is 39.2. The minimum absolute atomic E-state index is 0. The van der Waals surface area contributed by atoms with E-state index in [-0.39, 0.29) is 14.9 Å². The molecule has 0 aliphatic heterocycles. The molecule has 2 aromatic heterocycles. The normalized spacial score (nSPS) is 12.3. The lowest BCUT2D eigenvalue weighted by Crippen LogP contribution is -2.28. The highest BCUT2D eigenvalue weighted by Crippen LogP contribution is 2.60. The Morgan fingerprint density at radius 2 is 0.564 bits per heavy atom. The molecule has 1 N–H and O–H groups in total. The number of halogens is 1. The van der Waals surface area contributed by atoms with Gasteiger partial charge in [-0.05, 0) is 197 Å². The van der Waals surface area contributed by atoms with Crippen molar-refractivity contribution in [2.45, 2.75) is 25.7 Å². The molecule has 0 saturated heterocycles. The van der Waals surface area contributed by atoms with Crippen LogP contribution in [0.15, 0.2) is 458 Å². The van der Waals surface area contributed by atoms with Crippen molar-refractivity contribution in [2.75, 3.05) is 10.2 Å².